The number of rotatable bonds is 6. The first-order valence-electron chi connectivity index (χ1n) is 7.03. The van der Waals surface area contributed by atoms with Crippen molar-refractivity contribution < 1.29 is 4.74 Å². The molecule has 3 rings (SSSR count). The molecular formula is C16H20N2O. The summed E-state index contributed by atoms with van der Waals surface area (Å²) in [6.45, 7) is 1.58. The summed E-state index contributed by atoms with van der Waals surface area (Å²) in [6.07, 6.45) is 3.94. The maximum absolute atomic E-state index is 5.99. The van der Waals surface area contributed by atoms with Gasteiger partial charge >= 0.3 is 0 Å². The minimum absolute atomic E-state index is 0.768. The predicted octanol–water partition coefficient (Wildman–Crippen LogP) is 3.13. The van der Waals surface area contributed by atoms with Gasteiger partial charge in [0.25, 0.3) is 0 Å². The Hall–Kier alpha value is -1.61. The lowest BCUT2D eigenvalue weighted by Gasteiger charge is -2.11. The minimum atomic E-state index is 0.768. The van der Waals surface area contributed by atoms with E-state index in [0.29, 0.717) is 0 Å². The quantitative estimate of drug-likeness (QED) is 0.862. The zero-order valence-electron chi connectivity index (χ0n) is 11.4. The van der Waals surface area contributed by atoms with Crippen molar-refractivity contribution in [2.45, 2.75) is 25.8 Å². The highest BCUT2D eigenvalue weighted by Gasteiger charge is 2.20. The van der Waals surface area contributed by atoms with Crippen molar-refractivity contribution in [1.29, 1.82) is 0 Å². The molecule has 1 aliphatic carbocycles. The van der Waals surface area contributed by atoms with E-state index >= 15 is 0 Å². The Labute approximate surface area is 114 Å². The number of aromatic nitrogens is 1. The zero-order chi connectivity index (χ0) is 13.1. The maximum Gasteiger partial charge on any atom is 0.130 e. The summed E-state index contributed by atoms with van der Waals surface area (Å²) in [7, 11) is 1.94. The highest BCUT2D eigenvalue weighted by molar-refractivity contribution is 5.85. The summed E-state index contributed by atoms with van der Waals surface area (Å²) in [4.78, 5) is 4.64. The maximum atomic E-state index is 5.99. The molecule has 0 unspecified atom stereocenters. The van der Waals surface area contributed by atoms with Gasteiger partial charge in [-0.15, -0.1) is 0 Å². The molecule has 0 atom stereocenters. The van der Waals surface area contributed by atoms with Crippen molar-refractivity contribution in [3.05, 3.63) is 36.0 Å². The van der Waals surface area contributed by atoms with Gasteiger partial charge in [-0.2, -0.15) is 0 Å². The summed E-state index contributed by atoms with van der Waals surface area (Å²) in [5.41, 5.74) is 2.04. The van der Waals surface area contributed by atoms with Crippen molar-refractivity contribution >= 4 is 10.9 Å². The van der Waals surface area contributed by atoms with Crippen LogP contribution in [0.3, 0.4) is 0 Å². The first kappa shape index (κ1) is 12.4. The van der Waals surface area contributed by atoms with Crippen LogP contribution in [0.5, 0.6) is 5.75 Å². The molecule has 1 aromatic heterocycles. The Bertz CT molecular complexity index is 564. The van der Waals surface area contributed by atoms with Crippen LogP contribution in [-0.4, -0.2) is 18.6 Å². The first-order valence-corrected chi connectivity index (χ1v) is 7.03. The Kier molecular flexibility index (Phi) is 3.65. The second-order valence-corrected chi connectivity index (χ2v) is 5.24. The van der Waals surface area contributed by atoms with Gasteiger partial charge in [0.2, 0.25) is 0 Å². The van der Waals surface area contributed by atoms with Gasteiger partial charge < -0.3 is 10.1 Å². The van der Waals surface area contributed by atoms with Gasteiger partial charge in [0.1, 0.15) is 5.75 Å². The van der Waals surface area contributed by atoms with E-state index in [2.05, 4.69) is 22.4 Å². The monoisotopic (exact) mass is 256 g/mol. The van der Waals surface area contributed by atoms with E-state index in [0.717, 1.165) is 41.4 Å². The van der Waals surface area contributed by atoms with Crippen LogP contribution >= 0.6 is 0 Å². The molecule has 0 amide bonds. The van der Waals surface area contributed by atoms with Crippen LogP contribution in [0.4, 0.5) is 0 Å². The molecule has 1 N–H and O–H groups in total. The molecule has 0 radical (unpaired) electrons. The molecule has 0 aliphatic heterocycles. The smallest absolute Gasteiger partial charge is 0.130 e. The molecule has 3 nitrogen and oxygen atoms in total. The molecule has 0 saturated heterocycles. The SMILES string of the molecule is CNCc1cc(OCCC2CC2)c2ccccc2n1. The largest absolute Gasteiger partial charge is 0.493 e. The van der Waals surface area contributed by atoms with E-state index in [-0.39, 0.29) is 0 Å². The van der Waals surface area contributed by atoms with Crippen LogP contribution in [0.25, 0.3) is 10.9 Å². The number of fused-ring (bicyclic) bond motifs is 1. The molecule has 1 aliphatic rings. The fraction of sp³-hybridized carbons (Fsp3) is 0.438. The second kappa shape index (κ2) is 5.57. The molecule has 3 heteroatoms. The Balaban J connectivity index is 1.85. The summed E-state index contributed by atoms with van der Waals surface area (Å²) < 4.78 is 5.99. The fourth-order valence-electron chi connectivity index (χ4n) is 2.33. The molecule has 0 bridgehead atoms. The van der Waals surface area contributed by atoms with Crippen LogP contribution in [0.15, 0.2) is 30.3 Å². The number of hydrogen-bond donors (Lipinski definition) is 1. The van der Waals surface area contributed by atoms with Crippen LogP contribution in [0.2, 0.25) is 0 Å². The summed E-state index contributed by atoms with van der Waals surface area (Å²) in [5, 5.41) is 4.25. The first-order chi connectivity index (χ1) is 9.36. The van der Waals surface area contributed by atoms with Crippen molar-refractivity contribution in [2.75, 3.05) is 13.7 Å². The van der Waals surface area contributed by atoms with Crippen molar-refractivity contribution in [3.8, 4) is 5.75 Å². The Morgan fingerprint density at radius 1 is 1.32 bits per heavy atom. The van der Waals surface area contributed by atoms with Gasteiger partial charge in [-0.3, -0.25) is 4.98 Å². The lowest BCUT2D eigenvalue weighted by atomic mass is 10.2. The number of pyridine rings is 1. The number of nitrogens with zero attached hydrogens (tertiary/aromatic N) is 1. The second-order valence-electron chi connectivity index (χ2n) is 5.24. The molecule has 1 saturated carbocycles. The standard InChI is InChI=1S/C16H20N2O/c1-17-11-13-10-16(19-9-8-12-6-7-12)14-4-2-3-5-15(14)18-13/h2-5,10,12,17H,6-9,11H2,1H3. The normalized spacial score (nSPS) is 14.8. The average Bonchev–Trinajstić information content (AvgIpc) is 3.23. The number of benzene rings is 1. The number of para-hydroxylation sites is 1. The highest BCUT2D eigenvalue weighted by Crippen LogP contribution is 2.33. The lowest BCUT2D eigenvalue weighted by Crippen LogP contribution is -2.08. The number of nitrogens with one attached hydrogen (secondary N) is 1. The van der Waals surface area contributed by atoms with E-state index < -0.39 is 0 Å². The van der Waals surface area contributed by atoms with E-state index in [1.807, 2.05) is 25.2 Å². The van der Waals surface area contributed by atoms with Crippen molar-refractivity contribution in [2.24, 2.45) is 5.92 Å². The third-order valence-electron chi connectivity index (χ3n) is 3.57. The van der Waals surface area contributed by atoms with E-state index in [1.54, 1.807) is 0 Å². The van der Waals surface area contributed by atoms with Crippen molar-refractivity contribution in [1.82, 2.24) is 10.3 Å². The van der Waals surface area contributed by atoms with Gasteiger partial charge in [0.05, 0.1) is 17.8 Å². The number of ether oxygens (including phenoxy) is 1. The van der Waals surface area contributed by atoms with Crippen LogP contribution in [0, 0.1) is 5.92 Å². The Morgan fingerprint density at radius 3 is 2.95 bits per heavy atom. The molecule has 19 heavy (non-hydrogen) atoms. The summed E-state index contributed by atoms with van der Waals surface area (Å²) >= 11 is 0. The minimum Gasteiger partial charge on any atom is -0.493 e. The fourth-order valence-corrected chi connectivity index (χ4v) is 2.33. The molecular weight excluding hydrogens is 236 g/mol. The zero-order valence-corrected chi connectivity index (χ0v) is 11.4. The highest BCUT2D eigenvalue weighted by atomic mass is 16.5. The van der Waals surface area contributed by atoms with Gasteiger partial charge in [-0.25, -0.2) is 0 Å². The third kappa shape index (κ3) is 3.04. The van der Waals surface area contributed by atoms with Crippen LogP contribution in [-0.2, 0) is 6.54 Å². The van der Waals surface area contributed by atoms with Gasteiger partial charge in [0, 0.05) is 18.0 Å². The van der Waals surface area contributed by atoms with Gasteiger partial charge in [-0.1, -0.05) is 25.0 Å². The van der Waals surface area contributed by atoms with Crippen LogP contribution in [0.1, 0.15) is 25.0 Å². The van der Waals surface area contributed by atoms with E-state index in [1.165, 1.54) is 19.3 Å². The molecule has 1 aromatic carbocycles. The Morgan fingerprint density at radius 2 is 2.16 bits per heavy atom. The molecule has 1 heterocycles. The van der Waals surface area contributed by atoms with Crippen molar-refractivity contribution in [3.63, 3.8) is 0 Å². The summed E-state index contributed by atoms with van der Waals surface area (Å²) in [5.74, 6) is 1.88. The average molecular weight is 256 g/mol. The van der Waals surface area contributed by atoms with Gasteiger partial charge in [0.15, 0.2) is 0 Å². The van der Waals surface area contributed by atoms with E-state index in [9.17, 15) is 0 Å². The predicted molar refractivity (Wildman–Crippen MR) is 77.3 cm³/mol. The molecule has 2 aromatic rings. The summed E-state index contributed by atoms with van der Waals surface area (Å²) in [6, 6.07) is 10.2. The molecule has 100 valence electrons. The number of hydrogen-bond acceptors (Lipinski definition) is 3. The lowest BCUT2D eigenvalue weighted by molar-refractivity contribution is 0.305. The van der Waals surface area contributed by atoms with Crippen LogP contribution < -0.4 is 10.1 Å². The van der Waals surface area contributed by atoms with Gasteiger partial charge in [-0.05, 0) is 31.5 Å². The molecule has 1 fully saturated rings. The molecule has 0 spiro atoms. The topological polar surface area (TPSA) is 34.1 Å². The van der Waals surface area contributed by atoms with E-state index in [4.69, 9.17) is 4.74 Å². The third-order valence-corrected chi connectivity index (χ3v) is 3.57.